The van der Waals surface area contributed by atoms with Crippen molar-refractivity contribution in [3.63, 3.8) is 0 Å². The fourth-order valence-electron chi connectivity index (χ4n) is 2.83. The van der Waals surface area contributed by atoms with Gasteiger partial charge in [-0.15, -0.1) is 0 Å². The molecule has 0 aliphatic carbocycles. The van der Waals surface area contributed by atoms with Gasteiger partial charge in [-0.25, -0.2) is 9.79 Å². The van der Waals surface area contributed by atoms with E-state index in [2.05, 4.69) is 0 Å². The van der Waals surface area contributed by atoms with Crippen LogP contribution in [-0.4, -0.2) is 38.2 Å². The van der Waals surface area contributed by atoms with Gasteiger partial charge in [0, 0.05) is 6.42 Å². The van der Waals surface area contributed by atoms with Crippen LogP contribution in [0.15, 0.2) is 60.7 Å². The molecule has 6 heteroatoms. The molecule has 2 atom stereocenters. The molecule has 0 bridgehead atoms. The van der Waals surface area contributed by atoms with Crippen molar-refractivity contribution in [1.82, 2.24) is 0 Å². The zero-order chi connectivity index (χ0) is 18.3. The van der Waals surface area contributed by atoms with Crippen LogP contribution in [0.1, 0.15) is 17.5 Å². The standard InChI is InChI=1S/C19H27NO4P/c20-18(12-11-15-7-3-1-4-8-15)25(23,24)14-17(19(21)22)13-16-9-5-2-6-10-16/h1-10,17-19,21-24H,11-14,20H2/q+1/t17-,18-/m1/s1. The zero-order valence-corrected chi connectivity index (χ0v) is 15.0. The molecule has 136 valence electrons. The monoisotopic (exact) mass is 364 g/mol. The number of aliphatic hydroxyl groups is 2. The average molecular weight is 364 g/mol. The Kier molecular flexibility index (Phi) is 7.51. The van der Waals surface area contributed by atoms with Crippen LogP contribution in [0.3, 0.4) is 0 Å². The molecule has 0 saturated heterocycles. The molecule has 6 N–H and O–H groups in total. The third-order valence-corrected chi connectivity index (χ3v) is 6.70. The summed E-state index contributed by atoms with van der Waals surface area (Å²) in [5.41, 5.74) is 8.03. The van der Waals surface area contributed by atoms with Gasteiger partial charge in [0.15, 0.2) is 12.1 Å². The minimum Gasteiger partial charge on any atom is -0.368 e. The molecule has 2 aromatic rings. The Hall–Kier alpha value is -1.33. The van der Waals surface area contributed by atoms with Gasteiger partial charge in [-0.05, 0) is 24.0 Å². The SMILES string of the molecule is N[C@@H](CCc1ccccc1)[P+](O)(O)C[C@@H](Cc1ccccc1)C(O)O. The van der Waals surface area contributed by atoms with E-state index in [1.165, 1.54) is 0 Å². The predicted molar refractivity (Wildman–Crippen MR) is 101 cm³/mol. The zero-order valence-electron chi connectivity index (χ0n) is 14.1. The molecule has 5 nitrogen and oxygen atoms in total. The number of hydrogen-bond donors (Lipinski definition) is 5. The van der Waals surface area contributed by atoms with Crippen molar-refractivity contribution in [2.75, 3.05) is 6.16 Å². The fraction of sp³-hybridized carbons (Fsp3) is 0.368. The van der Waals surface area contributed by atoms with Crippen molar-refractivity contribution < 1.29 is 20.0 Å². The molecule has 0 fully saturated rings. The minimum absolute atomic E-state index is 0.102. The minimum atomic E-state index is -3.46. The van der Waals surface area contributed by atoms with Gasteiger partial charge in [-0.3, -0.25) is 5.73 Å². The van der Waals surface area contributed by atoms with Gasteiger partial charge in [0.05, 0.1) is 5.92 Å². The van der Waals surface area contributed by atoms with Crippen LogP contribution in [0.5, 0.6) is 0 Å². The molecule has 0 aliphatic rings. The first-order valence-electron chi connectivity index (χ1n) is 8.41. The van der Waals surface area contributed by atoms with E-state index < -0.39 is 25.7 Å². The van der Waals surface area contributed by atoms with Gasteiger partial charge in [0.2, 0.25) is 0 Å². The first-order valence-corrected chi connectivity index (χ1v) is 10.4. The molecule has 0 saturated carbocycles. The van der Waals surface area contributed by atoms with Gasteiger partial charge in [0.1, 0.15) is 6.16 Å². The lowest BCUT2D eigenvalue weighted by Gasteiger charge is -2.25. The molecular formula is C19H27NO4P+. The van der Waals surface area contributed by atoms with Crippen molar-refractivity contribution in [3.05, 3.63) is 71.8 Å². The summed E-state index contributed by atoms with van der Waals surface area (Å²) in [6.07, 6.45) is -0.289. The smallest absolute Gasteiger partial charge is 0.284 e. The van der Waals surface area contributed by atoms with E-state index in [0.29, 0.717) is 19.3 Å². The third-order valence-electron chi connectivity index (χ3n) is 4.37. The highest BCUT2D eigenvalue weighted by molar-refractivity contribution is 7.65. The molecular weight excluding hydrogens is 337 g/mol. The van der Waals surface area contributed by atoms with E-state index in [1.54, 1.807) is 0 Å². The Bertz CT molecular complexity index is 622. The topological polar surface area (TPSA) is 107 Å². The van der Waals surface area contributed by atoms with E-state index in [1.807, 2.05) is 60.7 Å². The Morgan fingerprint density at radius 3 is 1.88 bits per heavy atom. The van der Waals surface area contributed by atoms with E-state index in [4.69, 9.17) is 5.73 Å². The Labute approximate surface area is 149 Å². The predicted octanol–water partition coefficient (Wildman–Crippen LogP) is 1.91. The summed E-state index contributed by atoms with van der Waals surface area (Å²) in [4.78, 5) is 21.0. The summed E-state index contributed by atoms with van der Waals surface area (Å²) in [6, 6.07) is 19.1. The highest BCUT2D eigenvalue weighted by Crippen LogP contribution is 2.56. The van der Waals surface area contributed by atoms with Crippen molar-refractivity contribution in [2.24, 2.45) is 11.7 Å². The molecule has 0 spiro atoms. The molecule has 0 radical (unpaired) electrons. The molecule has 0 unspecified atom stereocenters. The normalized spacial score (nSPS) is 14.5. The van der Waals surface area contributed by atoms with E-state index in [9.17, 15) is 20.0 Å². The van der Waals surface area contributed by atoms with Gasteiger partial charge in [-0.2, -0.15) is 0 Å². The summed E-state index contributed by atoms with van der Waals surface area (Å²) in [7, 11) is -3.46. The maximum Gasteiger partial charge on any atom is 0.284 e. The Morgan fingerprint density at radius 2 is 1.36 bits per heavy atom. The van der Waals surface area contributed by atoms with Crippen molar-refractivity contribution in [3.8, 4) is 0 Å². The maximum atomic E-state index is 10.5. The molecule has 2 aromatic carbocycles. The lowest BCUT2D eigenvalue weighted by atomic mass is 10.0. The highest BCUT2D eigenvalue weighted by Gasteiger charge is 2.44. The Balaban J connectivity index is 1.95. The molecule has 0 aliphatic heterocycles. The van der Waals surface area contributed by atoms with Crippen molar-refractivity contribution in [1.29, 1.82) is 0 Å². The number of rotatable bonds is 9. The summed E-state index contributed by atoms with van der Waals surface area (Å²) in [5.74, 6) is -1.45. The van der Waals surface area contributed by atoms with Gasteiger partial charge in [-0.1, -0.05) is 60.7 Å². The van der Waals surface area contributed by atoms with E-state index in [0.717, 1.165) is 11.1 Å². The first-order chi connectivity index (χ1) is 11.9. The van der Waals surface area contributed by atoms with Crippen LogP contribution >= 0.6 is 7.72 Å². The number of nitrogens with two attached hydrogens (primary N) is 1. The number of aliphatic hydroxyl groups excluding tert-OH is 1. The number of hydrogen-bond acceptors (Lipinski definition) is 5. The summed E-state index contributed by atoms with van der Waals surface area (Å²) in [6.45, 7) is 0. The lowest BCUT2D eigenvalue weighted by Crippen LogP contribution is -2.33. The second-order valence-corrected chi connectivity index (χ2v) is 9.02. The second-order valence-electron chi connectivity index (χ2n) is 6.42. The van der Waals surface area contributed by atoms with Crippen molar-refractivity contribution in [2.45, 2.75) is 31.3 Å². The lowest BCUT2D eigenvalue weighted by molar-refractivity contribution is -0.0779. The quantitative estimate of drug-likeness (QED) is 0.345. The maximum absolute atomic E-state index is 10.5. The van der Waals surface area contributed by atoms with Crippen LogP contribution < -0.4 is 5.73 Å². The highest BCUT2D eigenvalue weighted by atomic mass is 31.2. The van der Waals surface area contributed by atoms with Crippen LogP contribution in [0, 0.1) is 5.92 Å². The largest absolute Gasteiger partial charge is 0.368 e. The van der Waals surface area contributed by atoms with Gasteiger partial charge >= 0.3 is 0 Å². The molecule has 0 aromatic heterocycles. The number of benzene rings is 2. The summed E-state index contributed by atoms with van der Waals surface area (Å²) < 4.78 is 0. The summed E-state index contributed by atoms with van der Waals surface area (Å²) >= 11 is 0. The molecule has 2 rings (SSSR count). The van der Waals surface area contributed by atoms with Crippen molar-refractivity contribution >= 4 is 7.72 Å². The van der Waals surface area contributed by atoms with Gasteiger partial charge < -0.3 is 10.2 Å². The average Bonchev–Trinajstić information content (AvgIpc) is 2.60. The first kappa shape index (κ1) is 20.0. The second kappa shape index (κ2) is 9.39. The van der Waals surface area contributed by atoms with E-state index in [-0.39, 0.29) is 6.16 Å². The van der Waals surface area contributed by atoms with Crippen LogP contribution in [0.2, 0.25) is 0 Å². The molecule has 25 heavy (non-hydrogen) atoms. The Morgan fingerprint density at radius 1 is 0.840 bits per heavy atom. The number of aryl methyl sites for hydroxylation is 1. The van der Waals surface area contributed by atoms with Crippen LogP contribution in [0.4, 0.5) is 0 Å². The fourth-order valence-corrected chi connectivity index (χ4v) is 4.65. The third kappa shape index (κ3) is 6.48. The molecule has 0 heterocycles. The van der Waals surface area contributed by atoms with Crippen LogP contribution in [-0.2, 0) is 12.8 Å². The van der Waals surface area contributed by atoms with E-state index >= 15 is 0 Å². The van der Waals surface area contributed by atoms with Gasteiger partial charge in [0.25, 0.3) is 7.72 Å². The van der Waals surface area contributed by atoms with Crippen LogP contribution in [0.25, 0.3) is 0 Å². The molecule has 0 amide bonds. The summed E-state index contributed by atoms with van der Waals surface area (Å²) in [5, 5.41) is 19.3.